The zero-order valence-electron chi connectivity index (χ0n) is 25.8. The highest BCUT2D eigenvalue weighted by Gasteiger charge is 2.23. The van der Waals surface area contributed by atoms with Crippen molar-refractivity contribution < 1.29 is 37.4 Å². The third-order valence-corrected chi connectivity index (χ3v) is 6.20. The molecule has 0 spiro atoms. The van der Waals surface area contributed by atoms with Gasteiger partial charge in [0.25, 0.3) is 5.91 Å². The number of pyridine rings is 1. The largest absolute Gasteiger partial charge is 0.467 e. The number of amides is 3. The van der Waals surface area contributed by atoms with Gasteiger partial charge in [-0.2, -0.15) is 5.26 Å². The van der Waals surface area contributed by atoms with E-state index in [4.69, 9.17) is 18.6 Å². The summed E-state index contributed by atoms with van der Waals surface area (Å²) in [7, 11) is 2.86. The van der Waals surface area contributed by atoms with Crippen molar-refractivity contribution in [3.63, 3.8) is 0 Å². The van der Waals surface area contributed by atoms with Crippen LogP contribution in [0.4, 0.5) is 20.7 Å². The van der Waals surface area contributed by atoms with Gasteiger partial charge in [0.05, 0.1) is 12.0 Å². The number of nitrogens with zero attached hydrogens (tertiary/aromatic N) is 3. The summed E-state index contributed by atoms with van der Waals surface area (Å²) in [5, 5.41) is 15.6. The minimum Gasteiger partial charge on any atom is -0.467 e. The quantitative estimate of drug-likeness (QED) is 0.199. The summed E-state index contributed by atoms with van der Waals surface area (Å²) >= 11 is 0. The van der Waals surface area contributed by atoms with E-state index in [0.29, 0.717) is 22.4 Å². The number of halogens is 1. The summed E-state index contributed by atoms with van der Waals surface area (Å²) in [6, 6.07) is 17.2. The molecule has 2 N–H and O–H groups in total. The lowest BCUT2D eigenvalue weighted by atomic mass is 9.97. The number of furan rings is 1. The molecule has 2 aromatic carbocycles. The van der Waals surface area contributed by atoms with E-state index in [1.807, 2.05) is 0 Å². The predicted octanol–water partition coefficient (Wildman–Crippen LogP) is 6.06. The molecule has 12 nitrogen and oxygen atoms in total. The van der Waals surface area contributed by atoms with Crippen LogP contribution >= 0.6 is 0 Å². The fraction of sp³-hybridized carbons (Fsp3) is 0.242. The lowest BCUT2D eigenvalue weighted by Crippen LogP contribution is -2.38. The molecule has 238 valence electrons. The van der Waals surface area contributed by atoms with E-state index in [9.17, 15) is 24.0 Å². The number of anilines is 2. The van der Waals surface area contributed by atoms with Crippen LogP contribution in [0.5, 0.6) is 5.75 Å². The van der Waals surface area contributed by atoms with Crippen molar-refractivity contribution in [2.45, 2.75) is 26.4 Å². The van der Waals surface area contributed by atoms with Gasteiger partial charge in [-0.1, -0.05) is 12.1 Å². The Morgan fingerprint density at radius 2 is 1.83 bits per heavy atom. The lowest BCUT2D eigenvalue weighted by molar-refractivity contribution is -0.117. The first kappa shape index (κ1) is 33.2. The summed E-state index contributed by atoms with van der Waals surface area (Å²) < 4.78 is 35.3. The van der Waals surface area contributed by atoms with Crippen LogP contribution in [0.1, 0.15) is 36.9 Å². The number of hydrogen-bond acceptors (Lipinski definition) is 9. The predicted molar refractivity (Wildman–Crippen MR) is 166 cm³/mol. The van der Waals surface area contributed by atoms with E-state index in [1.165, 1.54) is 44.7 Å². The molecule has 0 bridgehead atoms. The van der Waals surface area contributed by atoms with Crippen molar-refractivity contribution in [2.75, 3.05) is 38.1 Å². The first-order valence-corrected chi connectivity index (χ1v) is 13.9. The smallest absolute Gasteiger partial charge is 0.410 e. The normalized spacial score (nSPS) is 10.9. The van der Waals surface area contributed by atoms with Crippen LogP contribution in [0, 0.1) is 17.1 Å². The molecule has 46 heavy (non-hydrogen) atoms. The van der Waals surface area contributed by atoms with Crippen LogP contribution < -0.4 is 15.4 Å². The molecule has 0 unspecified atom stereocenters. The second-order valence-corrected chi connectivity index (χ2v) is 11.0. The zero-order chi connectivity index (χ0) is 33.4. The van der Waals surface area contributed by atoms with E-state index in [2.05, 4.69) is 21.7 Å². The van der Waals surface area contributed by atoms with Gasteiger partial charge in [0.15, 0.2) is 18.4 Å². The monoisotopic (exact) mass is 629 g/mol. The molecule has 0 aliphatic carbocycles. The fourth-order valence-corrected chi connectivity index (χ4v) is 4.23. The van der Waals surface area contributed by atoms with Crippen molar-refractivity contribution in [3.05, 3.63) is 84.1 Å². The molecule has 2 aromatic heterocycles. The van der Waals surface area contributed by atoms with Gasteiger partial charge in [-0.15, -0.1) is 0 Å². The maximum absolute atomic E-state index is 14.2. The van der Waals surface area contributed by atoms with Crippen LogP contribution in [-0.2, 0) is 14.3 Å². The Labute approximate surface area is 264 Å². The maximum atomic E-state index is 14.2. The van der Waals surface area contributed by atoms with Gasteiger partial charge in [-0.25, -0.2) is 14.2 Å². The topological polar surface area (TPSA) is 156 Å². The number of carbonyl (C=O) groups excluding carboxylic acids is 3. The molecule has 0 saturated carbocycles. The second-order valence-electron chi connectivity index (χ2n) is 11.0. The summed E-state index contributed by atoms with van der Waals surface area (Å²) in [5.41, 5.74) is 1.07. The van der Waals surface area contributed by atoms with Gasteiger partial charge in [0, 0.05) is 37.0 Å². The number of rotatable bonds is 10. The highest BCUT2D eigenvalue weighted by atomic mass is 19.1. The van der Waals surface area contributed by atoms with Crippen LogP contribution in [0.25, 0.3) is 22.4 Å². The van der Waals surface area contributed by atoms with E-state index >= 15 is 0 Å². The van der Waals surface area contributed by atoms with Crippen molar-refractivity contribution >= 4 is 29.4 Å². The van der Waals surface area contributed by atoms with Gasteiger partial charge in [-0.3, -0.25) is 9.59 Å². The van der Waals surface area contributed by atoms with Gasteiger partial charge in [0.1, 0.15) is 35.3 Å². The summed E-state index contributed by atoms with van der Waals surface area (Å²) in [4.78, 5) is 43.7. The van der Waals surface area contributed by atoms with Crippen molar-refractivity contribution in [1.29, 1.82) is 5.26 Å². The number of ether oxygens (including phenoxy) is 3. The average molecular weight is 630 g/mol. The minimum absolute atomic E-state index is 0.00963. The van der Waals surface area contributed by atoms with E-state index in [1.54, 1.807) is 57.2 Å². The van der Waals surface area contributed by atoms with Gasteiger partial charge < -0.3 is 34.2 Å². The van der Waals surface area contributed by atoms with Crippen LogP contribution in [0.3, 0.4) is 0 Å². The summed E-state index contributed by atoms with van der Waals surface area (Å²) in [6.07, 6.45) is 0.677. The van der Waals surface area contributed by atoms with Crippen LogP contribution in [-0.4, -0.2) is 60.9 Å². The van der Waals surface area contributed by atoms with Gasteiger partial charge in [0.2, 0.25) is 5.91 Å². The maximum Gasteiger partial charge on any atom is 0.410 e. The number of benzene rings is 2. The molecule has 0 saturated heterocycles. The molecule has 13 heteroatoms. The molecule has 4 aromatic rings. The summed E-state index contributed by atoms with van der Waals surface area (Å²) in [5.74, 6) is -1.68. The minimum atomic E-state index is -0.723. The number of aromatic nitrogens is 1. The van der Waals surface area contributed by atoms with Gasteiger partial charge in [-0.05, 0) is 68.8 Å². The number of likely N-dealkylation sites (N-methyl/N-ethyl adjacent to an activating group) is 1. The van der Waals surface area contributed by atoms with Crippen LogP contribution in [0.2, 0.25) is 0 Å². The highest BCUT2D eigenvalue weighted by Crippen LogP contribution is 2.37. The average Bonchev–Trinajstić information content (AvgIpc) is 3.54. The molecular formula is C33H32FN5O7. The van der Waals surface area contributed by atoms with Crippen molar-refractivity contribution in [3.8, 4) is 34.2 Å². The SMILES string of the molecule is COCOc1cc(F)ccc1-c1cc(-c2cccc(NC(=O)CN(C)C(=O)OC(C)(C)C)c2)c(C#N)c(NC(=O)c2ccco2)n1. The number of nitrogens with one attached hydrogen (secondary N) is 2. The number of methoxy groups -OCH3 is 1. The van der Waals surface area contributed by atoms with E-state index < -0.39 is 29.3 Å². The molecule has 3 amide bonds. The van der Waals surface area contributed by atoms with E-state index in [-0.39, 0.29) is 41.9 Å². The number of hydrogen-bond donors (Lipinski definition) is 2. The molecule has 0 aliphatic rings. The van der Waals surface area contributed by atoms with Crippen molar-refractivity contribution in [1.82, 2.24) is 9.88 Å². The Bertz CT molecular complexity index is 1780. The third-order valence-electron chi connectivity index (χ3n) is 6.20. The molecular weight excluding hydrogens is 597 g/mol. The Morgan fingerprint density at radius 1 is 1.04 bits per heavy atom. The lowest BCUT2D eigenvalue weighted by Gasteiger charge is -2.24. The molecule has 0 atom stereocenters. The number of carbonyl (C=O) groups is 3. The first-order valence-electron chi connectivity index (χ1n) is 13.9. The number of nitriles is 1. The molecule has 0 fully saturated rings. The fourth-order valence-electron chi connectivity index (χ4n) is 4.23. The van der Waals surface area contributed by atoms with E-state index in [0.717, 1.165) is 4.90 Å². The molecule has 2 heterocycles. The first-order chi connectivity index (χ1) is 21.9. The molecule has 4 rings (SSSR count). The Kier molecular flexibility index (Phi) is 10.4. The zero-order valence-corrected chi connectivity index (χ0v) is 25.8. The highest BCUT2D eigenvalue weighted by molar-refractivity contribution is 6.03. The third kappa shape index (κ3) is 8.46. The van der Waals surface area contributed by atoms with Crippen molar-refractivity contribution in [2.24, 2.45) is 0 Å². The van der Waals surface area contributed by atoms with Crippen LogP contribution in [0.15, 0.2) is 71.3 Å². The molecule has 0 aliphatic heterocycles. The standard InChI is InChI=1S/C33H32FN5O7/c1-33(2,3)46-32(42)39(4)18-29(40)36-22-9-6-8-20(14-22)24-16-26(23-12-11-21(34)15-28(23)45-19-43-5)37-30(25(24)17-35)38-31(41)27-10-7-13-44-27/h6-16H,18-19H2,1-5H3,(H,36,40)(H,37,38,41). The Hall–Kier alpha value is -5.74. The Balaban J connectivity index is 1.74. The summed E-state index contributed by atoms with van der Waals surface area (Å²) in [6.45, 7) is 4.72. The van der Waals surface area contributed by atoms with Gasteiger partial charge >= 0.3 is 6.09 Å². The molecule has 0 radical (unpaired) electrons. The second kappa shape index (κ2) is 14.4. The Morgan fingerprint density at radius 3 is 2.50 bits per heavy atom.